The predicted molar refractivity (Wildman–Crippen MR) is 86.6 cm³/mol. The molecular formula is C15H25ClN4. The van der Waals surface area contributed by atoms with Gasteiger partial charge in [-0.1, -0.05) is 24.3 Å². The molecule has 0 saturated carbocycles. The Kier molecular flexibility index (Phi) is 6.65. The standard InChI is InChI=1S/C15H25ClN4/c1-4-14(16)9-15(18)13(3)20-8-6-5-7-19(11-20)12(2)10-17/h4,10,17H,2,5-9,11,18H2,1,3H3/b14-4+,15-13-,17-10?. The molecule has 0 aromatic rings. The topological polar surface area (TPSA) is 56.4 Å². The Labute approximate surface area is 127 Å². The van der Waals surface area contributed by atoms with E-state index in [2.05, 4.69) is 16.4 Å². The van der Waals surface area contributed by atoms with Crippen LogP contribution in [0, 0.1) is 5.41 Å². The van der Waals surface area contributed by atoms with Gasteiger partial charge in [-0.05, 0) is 26.7 Å². The van der Waals surface area contributed by atoms with Gasteiger partial charge in [0.05, 0.1) is 6.67 Å². The fraction of sp³-hybridized carbons (Fsp3) is 0.533. The van der Waals surface area contributed by atoms with Gasteiger partial charge in [0.15, 0.2) is 0 Å². The van der Waals surface area contributed by atoms with Gasteiger partial charge < -0.3 is 20.9 Å². The second-order valence-electron chi connectivity index (χ2n) is 5.03. The Morgan fingerprint density at radius 1 is 1.35 bits per heavy atom. The Bertz CT molecular complexity index is 426. The average molecular weight is 297 g/mol. The zero-order valence-corrected chi connectivity index (χ0v) is 13.2. The lowest BCUT2D eigenvalue weighted by molar-refractivity contribution is 0.232. The maximum Gasteiger partial charge on any atom is 0.0900 e. The van der Waals surface area contributed by atoms with Crippen molar-refractivity contribution in [2.24, 2.45) is 5.73 Å². The Hall–Kier alpha value is -1.42. The first-order valence-electron chi connectivity index (χ1n) is 6.94. The van der Waals surface area contributed by atoms with Gasteiger partial charge in [0, 0.05) is 47.8 Å². The van der Waals surface area contributed by atoms with Gasteiger partial charge in [-0.25, -0.2) is 0 Å². The van der Waals surface area contributed by atoms with Gasteiger partial charge in [0.25, 0.3) is 0 Å². The van der Waals surface area contributed by atoms with Crippen LogP contribution in [-0.2, 0) is 0 Å². The fourth-order valence-corrected chi connectivity index (χ4v) is 2.31. The van der Waals surface area contributed by atoms with Crippen molar-refractivity contribution >= 4 is 17.8 Å². The number of nitrogens with two attached hydrogens (primary N) is 1. The van der Waals surface area contributed by atoms with Gasteiger partial charge in [0.1, 0.15) is 0 Å². The van der Waals surface area contributed by atoms with Crippen LogP contribution in [0.3, 0.4) is 0 Å². The minimum atomic E-state index is 0.589. The summed E-state index contributed by atoms with van der Waals surface area (Å²) in [4.78, 5) is 4.37. The average Bonchev–Trinajstić information content (AvgIpc) is 2.71. The third-order valence-electron chi connectivity index (χ3n) is 3.63. The van der Waals surface area contributed by atoms with Crippen molar-refractivity contribution in [3.8, 4) is 0 Å². The summed E-state index contributed by atoms with van der Waals surface area (Å²) in [7, 11) is 0. The number of nitrogens with zero attached hydrogens (tertiary/aromatic N) is 2. The lowest BCUT2D eigenvalue weighted by Gasteiger charge is -2.31. The van der Waals surface area contributed by atoms with E-state index in [1.807, 2.05) is 19.9 Å². The molecule has 0 aromatic heterocycles. The molecule has 5 heteroatoms. The van der Waals surface area contributed by atoms with Gasteiger partial charge in [-0.2, -0.15) is 0 Å². The van der Waals surface area contributed by atoms with E-state index in [4.69, 9.17) is 22.7 Å². The first-order chi connectivity index (χ1) is 9.49. The lowest BCUT2D eigenvalue weighted by Crippen LogP contribution is -2.36. The maximum absolute atomic E-state index is 7.35. The van der Waals surface area contributed by atoms with Crippen molar-refractivity contribution in [2.75, 3.05) is 19.8 Å². The van der Waals surface area contributed by atoms with Gasteiger partial charge in [-0.3, -0.25) is 0 Å². The zero-order chi connectivity index (χ0) is 15.1. The Morgan fingerprint density at radius 3 is 2.50 bits per heavy atom. The van der Waals surface area contributed by atoms with Crippen molar-refractivity contribution in [2.45, 2.75) is 33.1 Å². The highest BCUT2D eigenvalue weighted by molar-refractivity contribution is 6.29. The number of allylic oxidation sites excluding steroid dienone is 4. The fourth-order valence-electron chi connectivity index (χ4n) is 2.17. The van der Waals surface area contributed by atoms with E-state index in [-0.39, 0.29) is 0 Å². The molecule has 1 aliphatic rings. The third kappa shape index (κ3) is 4.60. The molecule has 0 aliphatic carbocycles. The number of hydrogen-bond acceptors (Lipinski definition) is 4. The smallest absolute Gasteiger partial charge is 0.0900 e. The second kappa shape index (κ2) is 8.00. The molecule has 0 unspecified atom stereocenters. The molecular weight excluding hydrogens is 272 g/mol. The summed E-state index contributed by atoms with van der Waals surface area (Å²) in [5.41, 5.74) is 8.77. The van der Waals surface area contributed by atoms with Gasteiger partial charge in [-0.15, -0.1) is 0 Å². The van der Waals surface area contributed by atoms with E-state index in [1.54, 1.807) is 0 Å². The number of nitrogens with one attached hydrogen (secondary N) is 1. The molecule has 1 fully saturated rings. The van der Waals surface area contributed by atoms with E-state index in [0.29, 0.717) is 6.42 Å². The molecule has 0 amide bonds. The molecule has 20 heavy (non-hydrogen) atoms. The molecule has 0 spiro atoms. The summed E-state index contributed by atoms with van der Waals surface area (Å²) in [5, 5.41) is 8.11. The van der Waals surface area contributed by atoms with E-state index in [0.717, 1.165) is 54.7 Å². The molecule has 0 bridgehead atoms. The summed E-state index contributed by atoms with van der Waals surface area (Å²) in [6.07, 6.45) is 5.98. The third-order valence-corrected chi connectivity index (χ3v) is 3.98. The maximum atomic E-state index is 7.35. The van der Waals surface area contributed by atoms with Crippen LogP contribution in [0.25, 0.3) is 0 Å². The summed E-state index contributed by atoms with van der Waals surface area (Å²) in [5.74, 6) is 0. The largest absolute Gasteiger partial charge is 0.400 e. The number of halogens is 1. The molecule has 0 aromatic carbocycles. The molecule has 4 nitrogen and oxygen atoms in total. The van der Waals surface area contributed by atoms with Crippen LogP contribution < -0.4 is 5.73 Å². The van der Waals surface area contributed by atoms with Crippen molar-refractivity contribution in [3.63, 3.8) is 0 Å². The molecule has 1 rings (SSSR count). The molecule has 3 N–H and O–H groups in total. The van der Waals surface area contributed by atoms with Crippen molar-refractivity contribution in [1.82, 2.24) is 9.80 Å². The Morgan fingerprint density at radius 2 is 1.95 bits per heavy atom. The van der Waals surface area contributed by atoms with Crippen molar-refractivity contribution in [1.29, 1.82) is 5.41 Å². The first-order valence-corrected chi connectivity index (χ1v) is 7.32. The zero-order valence-electron chi connectivity index (χ0n) is 12.5. The lowest BCUT2D eigenvalue weighted by atomic mass is 10.2. The highest BCUT2D eigenvalue weighted by Gasteiger charge is 2.17. The SMILES string of the molecule is C=C(C=N)N1CCCCN(/C(C)=C(\N)C/C(Cl)=C\C)C1. The quantitative estimate of drug-likeness (QED) is 0.766. The first kappa shape index (κ1) is 16.6. The van der Waals surface area contributed by atoms with E-state index >= 15 is 0 Å². The van der Waals surface area contributed by atoms with E-state index in [1.165, 1.54) is 6.21 Å². The van der Waals surface area contributed by atoms with Crippen LogP contribution in [0.15, 0.2) is 34.8 Å². The second-order valence-corrected chi connectivity index (χ2v) is 5.52. The number of hydrogen-bond donors (Lipinski definition) is 2. The molecule has 0 atom stereocenters. The minimum Gasteiger partial charge on any atom is -0.400 e. The number of rotatable bonds is 5. The molecule has 0 radical (unpaired) electrons. The monoisotopic (exact) mass is 296 g/mol. The molecule has 1 aliphatic heterocycles. The predicted octanol–water partition coefficient (Wildman–Crippen LogP) is 3.23. The van der Waals surface area contributed by atoms with E-state index in [9.17, 15) is 0 Å². The molecule has 1 heterocycles. The van der Waals surface area contributed by atoms with Crippen LogP contribution in [0.5, 0.6) is 0 Å². The Balaban J connectivity index is 2.84. The van der Waals surface area contributed by atoms with Crippen LogP contribution in [0.2, 0.25) is 0 Å². The van der Waals surface area contributed by atoms with Gasteiger partial charge in [0.2, 0.25) is 0 Å². The molecule has 112 valence electrons. The van der Waals surface area contributed by atoms with Crippen LogP contribution in [0.1, 0.15) is 33.1 Å². The minimum absolute atomic E-state index is 0.589. The van der Waals surface area contributed by atoms with Crippen LogP contribution in [-0.4, -0.2) is 35.8 Å². The van der Waals surface area contributed by atoms with Crippen molar-refractivity contribution in [3.05, 3.63) is 34.8 Å². The highest BCUT2D eigenvalue weighted by atomic mass is 35.5. The van der Waals surface area contributed by atoms with Crippen molar-refractivity contribution < 1.29 is 0 Å². The normalized spacial score (nSPS) is 18.4. The van der Waals surface area contributed by atoms with E-state index < -0.39 is 0 Å². The van der Waals surface area contributed by atoms with Crippen LogP contribution in [0.4, 0.5) is 0 Å². The summed E-state index contributed by atoms with van der Waals surface area (Å²) in [6, 6.07) is 0. The summed E-state index contributed by atoms with van der Waals surface area (Å²) in [6.45, 7) is 10.5. The summed E-state index contributed by atoms with van der Waals surface area (Å²) < 4.78 is 0. The summed E-state index contributed by atoms with van der Waals surface area (Å²) >= 11 is 6.05. The molecule has 1 saturated heterocycles. The highest BCUT2D eigenvalue weighted by Crippen LogP contribution is 2.20. The van der Waals surface area contributed by atoms with Crippen LogP contribution >= 0.6 is 11.6 Å². The van der Waals surface area contributed by atoms with Gasteiger partial charge >= 0.3 is 0 Å².